The minimum atomic E-state index is -0.414. The summed E-state index contributed by atoms with van der Waals surface area (Å²) in [6.07, 6.45) is 0. The molecule has 0 saturated carbocycles. The number of hydrogen-bond donors (Lipinski definition) is 1. The summed E-state index contributed by atoms with van der Waals surface area (Å²) in [6, 6.07) is 19.8. The third-order valence-electron chi connectivity index (χ3n) is 5.43. The summed E-state index contributed by atoms with van der Waals surface area (Å²) in [4.78, 5) is 28.2. The van der Waals surface area contributed by atoms with Crippen LogP contribution in [0.2, 0.25) is 5.02 Å². The van der Waals surface area contributed by atoms with E-state index in [1.807, 2.05) is 31.2 Å². The van der Waals surface area contributed by atoms with Gasteiger partial charge in [-0.15, -0.1) is 0 Å². The average Bonchev–Trinajstić information content (AvgIpc) is 3.05. The largest absolute Gasteiger partial charge is 0.497 e. The van der Waals surface area contributed by atoms with Gasteiger partial charge in [-0.2, -0.15) is 0 Å². The maximum absolute atomic E-state index is 13.5. The molecule has 33 heavy (non-hydrogen) atoms. The van der Waals surface area contributed by atoms with E-state index in [4.69, 9.17) is 21.1 Å². The van der Waals surface area contributed by atoms with Crippen molar-refractivity contribution in [3.05, 3.63) is 94.1 Å². The Bertz CT molecular complexity index is 1230. The molecule has 3 aromatic carbocycles. The number of nitrogens with zero attached hydrogens (tertiary/aromatic N) is 1. The highest BCUT2D eigenvalue weighted by atomic mass is 35.5. The molecule has 2 amide bonds. The highest BCUT2D eigenvalue weighted by Crippen LogP contribution is 2.35. The van der Waals surface area contributed by atoms with Crippen molar-refractivity contribution >= 4 is 34.7 Å². The van der Waals surface area contributed by atoms with Gasteiger partial charge in [-0.25, -0.2) is 0 Å². The van der Waals surface area contributed by atoms with Gasteiger partial charge in [0.2, 0.25) is 0 Å². The van der Waals surface area contributed by atoms with Crippen LogP contribution in [0.4, 0.5) is 5.69 Å². The number of rotatable bonds is 7. The van der Waals surface area contributed by atoms with Crippen LogP contribution >= 0.6 is 11.6 Å². The van der Waals surface area contributed by atoms with Crippen molar-refractivity contribution in [1.82, 2.24) is 4.90 Å². The summed E-state index contributed by atoms with van der Waals surface area (Å²) in [5.74, 6) is 0.301. The summed E-state index contributed by atoms with van der Waals surface area (Å²) in [7, 11) is 3.09. The van der Waals surface area contributed by atoms with Crippen LogP contribution in [-0.4, -0.2) is 30.9 Å². The molecule has 0 aromatic heterocycles. The lowest BCUT2D eigenvalue weighted by atomic mass is 10.0. The summed E-state index contributed by atoms with van der Waals surface area (Å²) in [5, 5.41) is 3.67. The Morgan fingerprint density at radius 1 is 0.879 bits per heavy atom. The van der Waals surface area contributed by atoms with Crippen LogP contribution < -0.4 is 14.8 Å². The second-order valence-electron chi connectivity index (χ2n) is 7.63. The van der Waals surface area contributed by atoms with E-state index in [9.17, 15) is 9.59 Å². The Hall–Kier alpha value is -3.77. The highest BCUT2D eigenvalue weighted by molar-refractivity contribution is 6.36. The smallest absolute Gasteiger partial charge is 0.278 e. The van der Waals surface area contributed by atoms with Gasteiger partial charge in [0.25, 0.3) is 11.8 Å². The first-order valence-electron chi connectivity index (χ1n) is 10.3. The average molecular weight is 463 g/mol. The standard InChI is InChI=1S/C26H23ClN2O4/c1-16-4-6-17(7-5-16)15-29-25(30)23(18-8-10-19(27)11-9-18)24(26(29)31)28-21-13-12-20(32-2)14-22(21)33-3/h4-14,28H,15H2,1-3H3. The lowest BCUT2D eigenvalue weighted by molar-refractivity contribution is -0.137. The summed E-state index contributed by atoms with van der Waals surface area (Å²) in [5.41, 5.74) is 3.56. The van der Waals surface area contributed by atoms with Gasteiger partial charge in [0.05, 0.1) is 32.0 Å². The SMILES string of the molecule is COc1ccc(NC2=C(c3ccc(Cl)cc3)C(=O)N(Cc3ccc(C)cc3)C2=O)c(OC)c1. The second-order valence-corrected chi connectivity index (χ2v) is 8.07. The molecule has 0 spiro atoms. The van der Waals surface area contributed by atoms with Crippen LogP contribution in [0.15, 0.2) is 72.4 Å². The first-order valence-corrected chi connectivity index (χ1v) is 10.7. The quantitative estimate of drug-likeness (QED) is 0.497. The van der Waals surface area contributed by atoms with Gasteiger partial charge >= 0.3 is 0 Å². The number of carbonyl (C=O) groups excluding carboxylic acids is 2. The van der Waals surface area contributed by atoms with E-state index < -0.39 is 5.91 Å². The first kappa shape index (κ1) is 22.4. The molecule has 168 valence electrons. The van der Waals surface area contributed by atoms with Crippen LogP contribution in [0.5, 0.6) is 11.5 Å². The molecule has 1 aliphatic heterocycles. The monoisotopic (exact) mass is 462 g/mol. The van der Waals surface area contributed by atoms with Crippen LogP contribution in [0.1, 0.15) is 16.7 Å². The third kappa shape index (κ3) is 4.56. The molecule has 1 aliphatic rings. The molecule has 6 nitrogen and oxygen atoms in total. The number of nitrogens with one attached hydrogen (secondary N) is 1. The number of aryl methyl sites for hydroxylation is 1. The molecule has 0 atom stereocenters. The van der Waals surface area contributed by atoms with Crippen molar-refractivity contribution in [2.24, 2.45) is 0 Å². The van der Waals surface area contributed by atoms with Crippen molar-refractivity contribution in [3.8, 4) is 11.5 Å². The zero-order chi connectivity index (χ0) is 23.5. The maximum Gasteiger partial charge on any atom is 0.278 e. The Labute approximate surface area is 197 Å². The number of amides is 2. The van der Waals surface area contributed by atoms with Gasteiger partial charge < -0.3 is 14.8 Å². The predicted octanol–water partition coefficient (Wildman–Crippen LogP) is 5.06. The lowest BCUT2D eigenvalue weighted by Crippen LogP contribution is -2.32. The molecule has 4 rings (SSSR count). The summed E-state index contributed by atoms with van der Waals surface area (Å²) < 4.78 is 10.7. The number of anilines is 1. The fraction of sp³-hybridized carbons (Fsp3) is 0.154. The van der Waals surface area contributed by atoms with Crippen LogP contribution in [-0.2, 0) is 16.1 Å². The van der Waals surface area contributed by atoms with Gasteiger partial charge in [0.1, 0.15) is 17.2 Å². The first-order chi connectivity index (χ1) is 15.9. The molecule has 1 N–H and O–H groups in total. The van der Waals surface area contributed by atoms with Crippen molar-refractivity contribution in [2.45, 2.75) is 13.5 Å². The predicted molar refractivity (Wildman–Crippen MR) is 128 cm³/mol. The number of hydrogen-bond acceptors (Lipinski definition) is 5. The normalized spacial score (nSPS) is 13.5. The zero-order valence-corrected chi connectivity index (χ0v) is 19.3. The Morgan fingerprint density at radius 2 is 1.58 bits per heavy atom. The summed E-state index contributed by atoms with van der Waals surface area (Å²) >= 11 is 6.04. The Kier molecular flexibility index (Phi) is 6.38. The Balaban J connectivity index is 1.75. The molecule has 3 aromatic rings. The van der Waals surface area contributed by atoms with Gasteiger partial charge in [0, 0.05) is 11.1 Å². The molecular weight excluding hydrogens is 440 g/mol. The van der Waals surface area contributed by atoms with E-state index in [0.717, 1.165) is 11.1 Å². The molecule has 0 radical (unpaired) electrons. The molecule has 7 heteroatoms. The minimum Gasteiger partial charge on any atom is -0.497 e. The minimum absolute atomic E-state index is 0.167. The fourth-order valence-corrected chi connectivity index (χ4v) is 3.76. The summed E-state index contributed by atoms with van der Waals surface area (Å²) in [6.45, 7) is 2.15. The molecular formula is C26H23ClN2O4. The van der Waals surface area contributed by atoms with Crippen molar-refractivity contribution in [1.29, 1.82) is 0 Å². The van der Waals surface area contributed by atoms with E-state index in [1.165, 1.54) is 12.0 Å². The maximum atomic E-state index is 13.5. The van der Waals surface area contributed by atoms with Gasteiger partial charge in [-0.05, 0) is 42.3 Å². The number of imide groups is 1. The number of benzene rings is 3. The van der Waals surface area contributed by atoms with E-state index in [-0.39, 0.29) is 23.7 Å². The molecule has 0 saturated heterocycles. The molecule has 0 aliphatic carbocycles. The van der Waals surface area contributed by atoms with Crippen LogP contribution in [0.25, 0.3) is 5.57 Å². The van der Waals surface area contributed by atoms with Crippen molar-refractivity contribution < 1.29 is 19.1 Å². The van der Waals surface area contributed by atoms with Crippen molar-refractivity contribution in [3.63, 3.8) is 0 Å². The number of halogens is 1. The van der Waals surface area contributed by atoms with E-state index in [0.29, 0.717) is 27.8 Å². The van der Waals surface area contributed by atoms with E-state index in [2.05, 4.69) is 5.32 Å². The number of methoxy groups -OCH3 is 2. The number of carbonyl (C=O) groups is 2. The Morgan fingerprint density at radius 3 is 2.21 bits per heavy atom. The number of ether oxygens (including phenoxy) is 2. The third-order valence-corrected chi connectivity index (χ3v) is 5.68. The van der Waals surface area contributed by atoms with Crippen LogP contribution in [0.3, 0.4) is 0 Å². The van der Waals surface area contributed by atoms with Crippen molar-refractivity contribution in [2.75, 3.05) is 19.5 Å². The molecule has 0 unspecified atom stereocenters. The highest BCUT2D eigenvalue weighted by Gasteiger charge is 2.39. The van der Waals surface area contributed by atoms with Gasteiger partial charge in [0.15, 0.2) is 0 Å². The van der Waals surface area contributed by atoms with Crippen LogP contribution in [0, 0.1) is 6.92 Å². The van der Waals surface area contributed by atoms with E-state index in [1.54, 1.807) is 49.6 Å². The van der Waals surface area contributed by atoms with Gasteiger partial charge in [-0.1, -0.05) is 53.6 Å². The van der Waals surface area contributed by atoms with E-state index >= 15 is 0 Å². The topological polar surface area (TPSA) is 67.9 Å². The second kappa shape index (κ2) is 9.38. The molecule has 1 heterocycles. The molecule has 0 bridgehead atoms. The zero-order valence-electron chi connectivity index (χ0n) is 18.5. The fourth-order valence-electron chi connectivity index (χ4n) is 3.63. The lowest BCUT2D eigenvalue weighted by Gasteiger charge is -2.16. The van der Waals surface area contributed by atoms with Gasteiger partial charge in [-0.3, -0.25) is 14.5 Å². The molecule has 0 fully saturated rings.